The summed E-state index contributed by atoms with van der Waals surface area (Å²) in [6.45, 7) is 1.81. The summed E-state index contributed by atoms with van der Waals surface area (Å²) in [4.78, 5) is 47.4. The quantitative estimate of drug-likeness (QED) is 0.241. The van der Waals surface area contributed by atoms with Gasteiger partial charge in [-0.15, -0.1) is 0 Å². The molecular formula is C33H24N4O4. The number of ketones is 1. The van der Waals surface area contributed by atoms with E-state index in [2.05, 4.69) is 15.3 Å². The number of imidazole rings is 1. The summed E-state index contributed by atoms with van der Waals surface area (Å²) in [7, 11) is 0. The average molecular weight is 541 g/mol. The van der Waals surface area contributed by atoms with Crippen molar-refractivity contribution in [3.8, 4) is 11.1 Å². The third-order valence-electron chi connectivity index (χ3n) is 7.08. The molecule has 41 heavy (non-hydrogen) atoms. The van der Waals surface area contributed by atoms with Gasteiger partial charge in [-0.05, 0) is 65.4 Å². The molecule has 3 aromatic heterocycles. The second kappa shape index (κ2) is 10.5. The van der Waals surface area contributed by atoms with Crippen LogP contribution < -0.4 is 5.32 Å². The first-order chi connectivity index (χ1) is 19.9. The van der Waals surface area contributed by atoms with E-state index in [1.807, 2.05) is 55.5 Å². The minimum Gasteiger partial charge on any atom is -0.478 e. The molecule has 3 heterocycles. The predicted molar refractivity (Wildman–Crippen MR) is 155 cm³/mol. The van der Waals surface area contributed by atoms with Crippen molar-refractivity contribution in [1.82, 2.24) is 19.7 Å². The Kier molecular flexibility index (Phi) is 6.57. The number of hydrogen-bond acceptors (Lipinski definition) is 5. The van der Waals surface area contributed by atoms with Crippen molar-refractivity contribution in [2.45, 2.75) is 13.0 Å². The highest BCUT2D eigenvalue weighted by Crippen LogP contribution is 2.26. The van der Waals surface area contributed by atoms with Gasteiger partial charge >= 0.3 is 5.97 Å². The first-order valence-corrected chi connectivity index (χ1v) is 13.0. The zero-order valence-electron chi connectivity index (χ0n) is 22.0. The molecule has 0 aliphatic rings. The highest BCUT2D eigenvalue weighted by Gasteiger charge is 2.23. The zero-order valence-corrected chi connectivity index (χ0v) is 22.0. The highest BCUT2D eigenvalue weighted by molar-refractivity contribution is 6.10. The Hall–Kier alpha value is -5.63. The number of nitrogens with zero attached hydrogens (tertiary/aromatic N) is 3. The van der Waals surface area contributed by atoms with Crippen LogP contribution in [0.4, 0.5) is 0 Å². The molecule has 0 radical (unpaired) electrons. The van der Waals surface area contributed by atoms with E-state index in [0.29, 0.717) is 11.1 Å². The van der Waals surface area contributed by atoms with E-state index in [1.165, 1.54) is 12.1 Å². The lowest BCUT2D eigenvalue weighted by Crippen LogP contribution is -2.29. The maximum Gasteiger partial charge on any atom is 0.335 e. The van der Waals surface area contributed by atoms with Gasteiger partial charge in [0.25, 0.3) is 5.91 Å². The molecule has 8 nitrogen and oxygen atoms in total. The molecule has 0 unspecified atom stereocenters. The second-order valence-corrected chi connectivity index (χ2v) is 9.73. The molecule has 0 aliphatic heterocycles. The zero-order chi connectivity index (χ0) is 28.5. The van der Waals surface area contributed by atoms with Crippen LogP contribution in [0.1, 0.15) is 55.6 Å². The van der Waals surface area contributed by atoms with Crippen molar-refractivity contribution in [1.29, 1.82) is 0 Å². The Morgan fingerprint density at radius 3 is 2.32 bits per heavy atom. The molecule has 200 valence electrons. The maximum atomic E-state index is 13.8. The van der Waals surface area contributed by atoms with Crippen LogP contribution in [0, 0.1) is 0 Å². The number of carbonyl (C=O) groups is 3. The summed E-state index contributed by atoms with van der Waals surface area (Å²) in [6.07, 6.45) is 4.99. The van der Waals surface area contributed by atoms with Crippen LogP contribution in [-0.2, 0) is 0 Å². The van der Waals surface area contributed by atoms with Gasteiger partial charge in [0.15, 0.2) is 5.82 Å². The number of nitrogens with one attached hydrogen (secondary N) is 1. The van der Waals surface area contributed by atoms with Crippen molar-refractivity contribution >= 4 is 33.9 Å². The van der Waals surface area contributed by atoms with Crippen molar-refractivity contribution in [3.05, 3.63) is 138 Å². The molecule has 3 aromatic carbocycles. The summed E-state index contributed by atoms with van der Waals surface area (Å²) in [6, 6.07) is 26.5. The molecule has 6 rings (SSSR count). The van der Waals surface area contributed by atoms with E-state index in [0.717, 1.165) is 27.5 Å². The molecule has 0 bridgehead atoms. The molecule has 8 heteroatoms. The number of aromatic nitrogens is 3. The normalized spacial score (nSPS) is 11.8. The summed E-state index contributed by atoms with van der Waals surface area (Å²) in [5.41, 5.74) is 3.90. The second-order valence-electron chi connectivity index (χ2n) is 9.73. The topological polar surface area (TPSA) is 114 Å². The van der Waals surface area contributed by atoms with Gasteiger partial charge in [0.1, 0.15) is 5.69 Å². The molecule has 2 N–H and O–H groups in total. The van der Waals surface area contributed by atoms with Crippen LogP contribution >= 0.6 is 0 Å². The van der Waals surface area contributed by atoms with Gasteiger partial charge in [0.05, 0.1) is 23.3 Å². The first-order valence-electron chi connectivity index (χ1n) is 13.0. The van der Waals surface area contributed by atoms with Gasteiger partial charge in [-0.1, -0.05) is 54.6 Å². The number of hydrogen-bond donors (Lipinski definition) is 2. The SMILES string of the molecule is C[C@H](NC(=O)c1cc(-c2ccccc2)cc2cnc(C(=O)c3ccc4ccncc4c3)n12)c1ccc(C(=O)O)cc1. The molecule has 6 aromatic rings. The maximum absolute atomic E-state index is 13.8. The fourth-order valence-corrected chi connectivity index (χ4v) is 4.88. The monoisotopic (exact) mass is 540 g/mol. The number of carbonyl (C=O) groups excluding carboxylic acids is 2. The lowest BCUT2D eigenvalue weighted by atomic mass is 10.0. The van der Waals surface area contributed by atoms with Gasteiger partial charge in [-0.3, -0.25) is 19.0 Å². The van der Waals surface area contributed by atoms with Gasteiger partial charge < -0.3 is 10.4 Å². The fraction of sp³-hybridized carbons (Fsp3) is 0.0606. The minimum absolute atomic E-state index is 0.117. The highest BCUT2D eigenvalue weighted by atomic mass is 16.4. The molecule has 0 saturated heterocycles. The van der Waals surface area contributed by atoms with Crippen LogP contribution in [-0.4, -0.2) is 37.1 Å². The van der Waals surface area contributed by atoms with E-state index in [-0.39, 0.29) is 22.9 Å². The predicted octanol–water partition coefficient (Wildman–Crippen LogP) is 5.97. The third kappa shape index (κ3) is 4.94. The molecule has 1 amide bonds. The van der Waals surface area contributed by atoms with Crippen LogP contribution in [0.25, 0.3) is 27.4 Å². The van der Waals surface area contributed by atoms with Gasteiger partial charge in [0.2, 0.25) is 5.78 Å². The minimum atomic E-state index is -1.02. The van der Waals surface area contributed by atoms with E-state index >= 15 is 0 Å². The van der Waals surface area contributed by atoms with Crippen LogP contribution in [0.3, 0.4) is 0 Å². The van der Waals surface area contributed by atoms with Crippen LogP contribution in [0.5, 0.6) is 0 Å². The average Bonchev–Trinajstić information content (AvgIpc) is 3.44. The summed E-state index contributed by atoms with van der Waals surface area (Å²) in [5.74, 6) is -1.63. The van der Waals surface area contributed by atoms with Crippen molar-refractivity contribution in [3.63, 3.8) is 0 Å². The standard InChI is InChI=1S/C33H24N4O4/c1-20(21-7-10-24(11-8-21)33(40)41)36-32(39)29-17-26(22-5-3-2-4-6-22)16-28-19-35-31(37(28)29)30(38)25-12-9-23-13-14-34-18-27(23)15-25/h2-20H,1H3,(H,36,39)(H,40,41)/t20-/m0/s1. The number of rotatable bonds is 7. The summed E-state index contributed by atoms with van der Waals surface area (Å²) < 4.78 is 1.58. The van der Waals surface area contributed by atoms with Gasteiger partial charge in [-0.25, -0.2) is 9.78 Å². The Labute approximate surface area is 234 Å². The third-order valence-corrected chi connectivity index (χ3v) is 7.08. The van der Waals surface area contributed by atoms with Gasteiger partial charge in [-0.2, -0.15) is 0 Å². The Balaban J connectivity index is 1.42. The lowest BCUT2D eigenvalue weighted by molar-refractivity contribution is 0.0696. The fourth-order valence-electron chi connectivity index (χ4n) is 4.88. The molecule has 0 saturated carbocycles. The summed E-state index contributed by atoms with van der Waals surface area (Å²) in [5, 5.41) is 14.0. The molecule has 0 spiro atoms. The molecule has 0 aliphatic carbocycles. The molecule has 1 atom stereocenters. The van der Waals surface area contributed by atoms with E-state index in [4.69, 9.17) is 0 Å². The number of carboxylic acids is 1. The lowest BCUT2D eigenvalue weighted by Gasteiger charge is -2.17. The van der Waals surface area contributed by atoms with E-state index in [9.17, 15) is 19.5 Å². The Bertz CT molecular complexity index is 1950. The molecular weight excluding hydrogens is 516 g/mol. The Morgan fingerprint density at radius 2 is 1.56 bits per heavy atom. The number of amides is 1. The smallest absolute Gasteiger partial charge is 0.335 e. The van der Waals surface area contributed by atoms with E-state index < -0.39 is 17.9 Å². The number of carboxylic acid groups (broad SMARTS) is 1. The van der Waals surface area contributed by atoms with Crippen LogP contribution in [0.15, 0.2) is 110 Å². The summed E-state index contributed by atoms with van der Waals surface area (Å²) >= 11 is 0. The number of pyridine rings is 2. The Morgan fingerprint density at radius 1 is 0.805 bits per heavy atom. The number of aromatic carboxylic acids is 1. The largest absolute Gasteiger partial charge is 0.478 e. The number of benzene rings is 3. The van der Waals surface area contributed by atoms with Gasteiger partial charge in [0, 0.05) is 23.3 Å². The number of fused-ring (bicyclic) bond motifs is 2. The molecule has 0 fully saturated rings. The van der Waals surface area contributed by atoms with E-state index in [1.54, 1.807) is 53.3 Å². The van der Waals surface area contributed by atoms with Crippen LogP contribution in [0.2, 0.25) is 0 Å². The van der Waals surface area contributed by atoms with Crippen molar-refractivity contribution < 1.29 is 19.5 Å². The van der Waals surface area contributed by atoms with Crippen molar-refractivity contribution in [2.24, 2.45) is 0 Å². The first kappa shape index (κ1) is 25.6. The van der Waals surface area contributed by atoms with Crippen molar-refractivity contribution in [2.75, 3.05) is 0 Å².